The van der Waals surface area contributed by atoms with Gasteiger partial charge in [0.25, 0.3) is 11.1 Å². The van der Waals surface area contributed by atoms with Crippen LogP contribution >= 0.6 is 27.7 Å². The van der Waals surface area contributed by atoms with E-state index in [2.05, 4.69) is 20.9 Å². The number of hydrogen-bond acceptors (Lipinski definition) is 6. The minimum absolute atomic E-state index is 0.126. The number of hydrogen-bond donors (Lipinski definition) is 2. The Bertz CT molecular complexity index is 949. The van der Waals surface area contributed by atoms with Crippen LogP contribution in [0.2, 0.25) is 0 Å². The van der Waals surface area contributed by atoms with Crippen LogP contribution in [-0.2, 0) is 4.79 Å². The van der Waals surface area contributed by atoms with Gasteiger partial charge < -0.3 is 14.8 Å². The fourth-order valence-electron chi connectivity index (χ4n) is 2.02. The van der Waals surface area contributed by atoms with E-state index >= 15 is 0 Å². The highest BCUT2D eigenvalue weighted by Gasteiger charge is 2.32. The number of aromatic nitrogens is 1. The normalized spacial score (nSPS) is 15.9. The van der Waals surface area contributed by atoms with E-state index in [4.69, 9.17) is 4.74 Å². The van der Waals surface area contributed by atoms with Crippen LogP contribution in [0.1, 0.15) is 5.56 Å². The van der Waals surface area contributed by atoms with Gasteiger partial charge in [0.15, 0.2) is 11.5 Å². The Kier molecular flexibility index (Phi) is 4.69. The number of rotatable bonds is 3. The zero-order valence-electron chi connectivity index (χ0n) is 12.8. The molecule has 1 aromatic heterocycles. The van der Waals surface area contributed by atoms with Crippen LogP contribution < -0.4 is 10.3 Å². The first kappa shape index (κ1) is 17.3. The summed E-state index contributed by atoms with van der Waals surface area (Å²) in [4.78, 5) is 38.4. The molecule has 0 atom stereocenters. The average Bonchev–Trinajstić information content (AvgIpc) is 2.81. The van der Waals surface area contributed by atoms with Crippen LogP contribution in [-0.4, -0.2) is 33.2 Å². The summed E-state index contributed by atoms with van der Waals surface area (Å²) in [5, 5.41) is 9.70. The van der Waals surface area contributed by atoms with Gasteiger partial charge in [-0.2, -0.15) is 0 Å². The maximum Gasteiger partial charge on any atom is 0.293 e. The number of aromatic amines is 1. The van der Waals surface area contributed by atoms with Crippen LogP contribution in [0, 0.1) is 0 Å². The predicted molar refractivity (Wildman–Crippen MR) is 96.7 cm³/mol. The second-order valence-electron chi connectivity index (χ2n) is 5.07. The number of thioether (sulfide) groups is 1. The lowest BCUT2D eigenvalue weighted by atomic mass is 10.2. The van der Waals surface area contributed by atoms with Crippen LogP contribution in [0.5, 0.6) is 17.2 Å². The van der Waals surface area contributed by atoms with Crippen LogP contribution in [0.4, 0.5) is 4.79 Å². The number of carbonyl (C=O) groups is 2. The van der Waals surface area contributed by atoms with Gasteiger partial charge in [-0.25, -0.2) is 0 Å². The third-order valence-electron chi connectivity index (χ3n) is 3.33. The van der Waals surface area contributed by atoms with Gasteiger partial charge in [0, 0.05) is 23.8 Å². The number of imide groups is 1. The van der Waals surface area contributed by atoms with Gasteiger partial charge in [-0.3, -0.25) is 19.3 Å². The van der Waals surface area contributed by atoms with Crippen molar-refractivity contribution in [3.63, 3.8) is 0 Å². The lowest BCUT2D eigenvalue weighted by Gasteiger charge is -2.10. The number of likely N-dealkylation sites (N-methyl/N-ethyl adjacent to an activating group) is 1. The molecule has 2 amide bonds. The van der Waals surface area contributed by atoms with Gasteiger partial charge in [0.2, 0.25) is 5.56 Å². The number of H-pyrrole nitrogens is 1. The molecule has 128 valence electrons. The molecule has 9 heteroatoms. The zero-order valence-corrected chi connectivity index (χ0v) is 15.2. The first-order valence-corrected chi connectivity index (χ1v) is 8.57. The van der Waals surface area contributed by atoms with Gasteiger partial charge in [-0.05, 0) is 41.6 Å². The molecule has 0 spiro atoms. The van der Waals surface area contributed by atoms with Crippen molar-refractivity contribution < 1.29 is 19.4 Å². The number of ether oxygens (including phenoxy) is 1. The van der Waals surface area contributed by atoms with Crippen LogP contribution in [0.25, 0.3) is 6.08 Å². The molecule has 0 bridgehead atoms. The molecule has 25 heavy (non-hydrogen) atoms. The molecule has 3 rings (SSSR count). The van der Waals surface area contributed by atoms with E-state index in [-0.39, 0.29) is 27.2 Å². The number of phenolic OH excluding ortho intramolecular Hbond substituents is 1. The summed E-state index contributed by atoms with van der Waals surface area (Å²) in [5.41, 5.74) is 0.277. The second kappa shape index (κ2) is 6.77. The molecular weight excluding hydrogens is 412 g/mol. The maximum absolute atomic E-state index is 12.0. The Morgan fingerprint density at radius 2 is 2.04 bits per heavy atom. The van der Waals surface area contributed by atoms with Gasteiger partial charge in [-0.15, -0.1) is 0 Å². The molecule has 2 heterocycles. The van der Waals surface area contributed by atoms with E-state index in [0.29, 0.717) is 15.8 Å². The SMILES string of the molecule is CN1C(=O)S/C(=C\c2cc(Oc3ccc(=O)[nH]c3)c(O)cc2Br)C1=O. The predicted octanol–water partition coefficient (Wildman–Crippen LogP) is 3.30. The van der Waals surface area contributed by atoms with Crippen molar-refractivity contribution in [3.8, 4) is 17.2 Å². The minimum Gasteiger partial charge on any atom is -0.504 e. The summed E-state index contributed by atoms with van der Waals surface area (Å²) < 4.78 is 6.08. The molecule has 2 aromatic rings. The zero-order chi connectivity index (χ0) is 18.1. The number of amides is 2. The number of halogens is 1. The van der Waals surface area contributed by atoms with Crippen molar-refractivity contribution in [3.05, 3.63) is 55.8 Å². The van der Waals surface area contributed by atoms with Gasteiger partial charge in [0.1, 0.15) is 5.75 Å². The van der Waals surface area contributed by atoms with Crippen molar-refractivity contribution in [2.75, 3.05) is 7.05 Å². The molecule has 0 radical (unpaired) electrons. The summed E-state index contributed by atoms with van der Waals surface area (Å²) in [6.45, 7) is 0. The molecule has 7 nitrogen and oxygen atoms in total. The van der Waals surface area contributed by atoms with Gasteiger partial charge in [0.05, 0.1) is 4.91 Å². The molecular formula is C16H11BrN2O5S. The van der Waals surface area contributed by atoms with E-state index in [1.54, 1.807) is 0 Å². The molecule has 1 aliphatic heterocycles. The number of pyridine rings is 1. The Morgan fingerprint density at radius 1 is 1.28 bits per heavy atom. The van der Waals surface area contributed by atoms with Crippen LogP contribution in [0.3, 0.4) is 0 Å². The maximum atomic E-state index is 12.0. The fraction of sp³-hybridized carbons (Fsp3) is 0.0625. The smallest absolute Gasteiger partial charge is 0.293 e. The standard InChI is InChI=1S/C16H11BrN2O5S/c1-19-15(22)13(25-16(19)23)5-8-4-12(11(20)6-10(8)17)24-9-2-3-14(21)18-7-9/h2-7,20H,1H3,(H,18,21)/b13-5-. The molecule has 0 unspecified atom stereocenters. The highest BCUT2D eigenvalue weighted by atomic mass is 79.9. The van der Waals surface area contributed by atoms with Crippen molar-refractivity contribution in [1.29, 1.82) is 0 Å². The first-order valence-electron chi connectivity index (χ1n) is 6.96. The topological polar surface area (TPSA) is 99.7 Å². The molecule has 0 saturated carbocycles. The Labute approximate surface area is 154 Å². The third-order valence-corrected chi connectivity index (χ3v) is 4.98. The third kappa shape index (κ3) is 3.62. The molecule has 0 aliphatic carbocycles. The number of nitrogens with one attached hydrogen (secondary N) is 1. The lowest BCUT2D eigenvalue weighted by Crippen LogP contribution is -2.22. The van der Waals surface area contributed by atoms with Gasteiger partial charge in [-0.1, -0.05) is 15.9 Å². The first-order chi connectivity index (χ1) is 11.8. The summed E-state index contributed by atoms with van der Waals surface area (Å²) in [7, 11) is 1.41. The summed E-state index contributed by atoms with van der Waals surface area (Å²) >= 11 is 4.14. The molecule has 2 N–H and O–H groups in total. The Morgan fingerprint density at radius 3 is 2.64 bits per heavy atom. The van der Waals surface area contributed by atoms with Crippen molar-refractivity contribution in [2.45, 2.75) is 0 Å². The van der Waals surface area contributed by atoms with E-state index in [1.807, 2.05) is 0 Å². The Hall–Kier alpha value is -2.52. The van der Waals surface area contributed by atoms with E-state index in [0.717, 1.165) is 16.7 Å². The molecule has 1 aliphatic rings. The average molecular weight is 423 g/mol. The van der Waals surface area contributed by atoms with Crippen molar-refractivity contribution in [1.82, 2.24) is 9.88 Å². The largest absolute Gasteiger partial charge is 0.504 e. The summed E-state index contributed by atoms with van der Waals surface area (Å²) in [5.74, 6) is -0.0498. The van der Waals surface area contributed by atoms with Crippen LogP contribution in [0.15, 0.2) is 44.6 Å². The quantitative estimate of drug-likeness (QED) is 0.735. The molecule has 1 aromatic carbocycles. The highest BCUT2D eigenvalue weighted by Crippen LogP contribution is 2.38. The van der Waals surface area contributed by atoms with Gasteiger partial charge >= 0.3 is 0 Å². The van der Waals surface area contributed by atoms with E-state index < -0.39 is 5.91 Å². The summed E-state index contributed by atoms with van der Waals surface area (Å²) in [6.07, 6.45) is 2.91. The number of nitrogens with zero attached hydrogens (tertiary/aromatic N) is 1. The fourth-order valence-corrected chi connectivity index (χ4v) is 3.29. The highest BCUT2D eigenvalue weighted by molar-refractivity contribution is 9.10. The summed E-state index contributed by atoms with van der Waals surface area (Å²) in [6, 6.07) is 5.70. The van der Waals surface area contributed by atoms with Crippen molar-refractivity contribution in [2.24, 2.45) is 0 Å². The second-order valence-corrected chi connectivity index (χ2v) is 6.92. The number of phenols is 1. The van der Waals surface area contributed by atoms with Crippen molar-refractivity contribution >= 4 is 44.9 Å². The number of carbonyl (C=O) groups excluding carboxylic acids is 2. The number of aromatic hydroxyl groups is 1. The van der Waals surface area contributed by atoms with E-state index in [9.17, 15) is 19.5 Å². The Balaban J connectivity index is 1.96. The monoisotopic (exact) mass is 422 g/mol. The minimum atomic E-state index is -0.391. The molecule has 1 fully saturated rings. The lowest BCUT2D eigenvalue weighted by molar-refractivity contribution is -0.121. The molecule has 1 saturated heterocycles. The number of benzene rings is 1. The van der Waals surface area contributed by atoms with E-state index in [1.165, 1.54) is 43.6 Å².